The molecule has 2 heterocycles. The van der Waals surface area contributed by atoms with Crippen molar-refractivity contribution in [1.29, 1.82) is 0 Å². The molecule has 1 aromatic heterocycles. The van der Waals surface area contributed by atoms with E-state index in [1.54, 1.807) is 11.3 Å². The van der Waals surface area contributed by atoms with Gasteiger partial charge in [-0.15, -0.1) is 0 Å². The molecule has 1 saturated heterocycles. The third-order valence-electron chi connectivity index (χ3n) is 4.82. The normalized spacial score (nSPS) is 26.6. The second kappa shape index (κ2) is 7.05. The Kier molecular flexibility index (Phi) is 4.65. The number of amides is 1. The largest absolute Gasteiger partial charge is 0.373 e. The first-order valence-electron chi connectivity index (χ1n) is 8.46. The molecule has 2 aliphatic rings. The molecule has 4 rings (SSSR count). The molecule has 1 N–H and O–H groups in total. The summed E-state index contributed by atoms with van der Waals surface area (Å²) in [6, 6.07) is 10.1. The summed E-state index contributed by atoms with van der Waals surface area (Å²) in [5, 5.41) is 7.32. The highest BCUT2D eigenvalue weighted by molar-refractivity contribution is 7.08. The van der Waals surface area contributed by atoms with Gasteiger partial charge in [0.25, 0.3) is 5.91 Å². The molecule has 1 saturated carbocycles. The molecule has 4 nitrogen and oxygen atoms in total. The van der Waals surface area contributed by atoms with E-state index in [1.807, 2.05) is 24.3 Å². The summed E-state index contributed by atoms with van der Waals surface area (Å²) in [6.07, 6.45) is 3.06. The monoisotopic (exact) mass is 343 g/mol. The van der Waals surface area contributed by atoms with Gasteiger partial charge in [0.1, 0.15) is 0 Å². The third-order valence-corrected chi connectivity index (χ3v) is 5.50. The first kappa shape index (κ1) is 15.8. The number of carbonyl (C=O) groups is 1. The van der Waals surface area contributed by atoms with E-state index in [2.05, 4.69) is 22.1 Å². The number of benzene rings is 1. The van der Waals surface area contributed by atoms with E-state index in [0.717, 1.165) is 24.8 Å². The van der Waals surface area contributed by atoms with Crippen molar-refractivity contribution in [2.24, 2.45) is 0 Å². The van der Waals surface area contributed by atoms with Crippen LogP contribution in [0.5, 0.6) is 0 Å². The first-order chi connectivity index (χ1) is 11.8. The van der Waals surface area contributed by atoms with Gasteiger partial charge in [0.15, 0.2) is 0 Å². The van der Waals surface area contributed by atoms with Crippen molar-refractivity contribution in [2.45, 2.75) is 37.5 Å². The Labute approximate surface area is 145 Å². The maximum absolute atomic E-state index is 12.5. The Morgan fingerprint density at radius 1 is 1.00 bits per heavy atom. The van der Waals surface area contributed by atoms with Crippen molar-refractivity contribution < 1.29 is 14.3 Å². The van der Waals surface area contributed by atoms with E-state index in [-0.39, 0.29) is 24.2 Å². The van der Waals surface area contributed by atoms with Crippen molar-refractivity contribution in [3.63, 3.8) is 0 Å². The predicted molar refractivity (Wildman–Crippen MR) is 94.3 cm³/mol. The summed E-state index contributed by atoms with van der Waals surface area (Å²) in [7, 11) is 0. The standard InChI is InChI=1S/C19H21NO3S/c21-19(14-3-1-13(2-4-14)15-7-10-24-12-15)20-16-5-6-17-18(11-16)23-9-8-22-17/h1-4,7,10,12,16-18H,5-6,8-9,11H2,(H,20,21)/t16-,17+,18+/m1/s1. The lowest BCUT2D eigenvalue weighted by atomic mass is 9.89. The van der Waals surface area contributed by atoms with Crippen LogP contribution in [0.2, 0.25) is 0 Å². The Morgan fingerprint density at radius 3 is 2.54 bits per heavy atom. The molecule has 1 aromatic carbocycles. The number of nitrogens with one attached hydrogen (secondary N) is 1. The fourth-order valence-electron chi connectivity index (χ4n) is 3.51. The molecule has 1 amide bonds. The summed E-state index contributed by atoms with van der Waals surface area (Å²) in [6.45, 7) is 1.35. The van der Waals surface area contributed by atoms with E-state index < -0.39 is 0 Å². The van der Waals surface area contributed by atoms with Gasteiger partial charge in [-0.3, -0.25) is 4.79 Å². The second-order valence-electron chi connectivity index (χ2n) is 6.39. The zero-order chi connectivity index (χ0) is 16.4. The fraction of sp³-hybridized carbons (Fsp3) is 0.421. The van der Waals surface area contributed by atoms with Crippen molar-refractivity contribution in [3.05, 3.63) is 46.7 Å². The van der Waals surface area contributed by atoms with Crippen LogP contribution < -0.4 is 5.32 Å². The number of hydrogen-bond acceptors (Lipinski definition) is 4. The van der Waals surface area contributed by atoms with Gasteiger partial charge in [0, 0.05) is 11.6 Å². The molecule has 3 atom stereocenters. The highest BCUT2D eigenvalue weighted by atomic mass is 32.1. The van der Waals surface area contributed by atoms with E-state index >= 15 is 0 Å². The molecule has 1 aliphatic heterocycles. The molecule has 0 unspecified atom stereocenters. The number of ether oxygens (including phenoxy) is 2. The molecular formula is C19H21NO3S. The highest BCUT2D eigenvalue weighted by Gasteiger charge is 2.34. The van der Waals surface area contributed by atoms with Crippen LogP contribution in [-0.2, 0) is 9.47 Å². The number of hydrogen-bond donors (Lipinski definition) is 1. The smallest absolute Gasteiger partial charge is 0.251 e. The minimum absolute atomic E-state index is 0.00736. The van der Waals surface area contributed by atoms with E-state index in [9.17, 15) is 4.79 Å². The van der Waals surface area contributed by atoms with Gasteiger partial charge in [-0.2, -0.15) is 11.3 Å². The lowest BCUT2D eigenvalue weighted by Crippen LogP contribution is -2.49. The molecule has 24 heavy (non-hydrogen) atoms. The lowest BCUT2D eigenvalue weighted by Gasteiger charge is -2.39. The van der Waals surface area contributed by atoms with Crippen LogP contribution in [-0.4, -0.2) is 37.4 Å². The maximum atomic E-state index is 12.5. The highest BCUT2D eigenvalue weighted by Crippen LogP contribution is 2.27. The van der Waals surface area contributed by atoms with Gasteiger partial charge in [-0.05, 0) is 59.3 Å². The molecule has 2 aromatic rings. The fourth-order valence-corrected chi connectivity index (χ4v) is 4.17. The topological polar surface area (TPSA) is 47.6 Å². The molecular weight excluding hydrogens is 322 g/mol. The molecule has 5 heteroatoms. The average molecular weight is 343 g/mol. The number of rotatable bonds is 3. The summed E-state index contributed by atoms with van der Waals surface area (Å²) in [4.78, 5) is 12.5. The molecule has 0 bridgehead atoms. The van der Waals surface area contributed by atoms with Crippen LogP contribution in [0.4, 0.5) is 0 Å². The van der Waals surface area contributed by atoms with Gasteiger partial charge in [-0.25, -0.2) is 0 Å². The molecule has 2 fully saturated rings. The van der Waals surface area contributed by atoms with Crippen LogP contribution in [0, 0.1) is 0 Å². The molecule has 0 radical (unpaired) electrons. The summed E-state index contributed by atoms with van der Waals surface area (Å²) in [5.41, 5.74) is 3.04. The van der Waals surface area contributed by atoms with Gasteiger partial charge < -0.3 is 14.8 Å². The van der Waals surface area contributed by atoms with Crippen molar-refractivity contribution in [2.75, 3.05) is 13.2 Å². The van der Waals surface area contributed by atoms with Crippen molar-refractivity contribution >= 4 is 17.2 Å². The Bertz CT molecular complexity index is 683. The zero-order valence-corrected chi connectivity index (χ0v) is 14.3. The minimum Gasteiger partial charge on any atom is -0.373 e. The van der Waals surface area contributed by atoms with E-state index in [0.29, 0.717) is 18.8 Å². The van der Waals surface area contributed by atoms with Crippen LogP contribution in [0.15, 0.2) is 41.1 Å². The Hall–Kier alpha value is -1.69. The average Bonchev–Trinajstić information content (AvgIpc) is 3.16. The van der Waals surface area contributed by atoms with Gasteiger partial charge in [0.2, 0.25) is 0 Å². The Balaban J connectivity index is 1.37. The first-order valence-corrected chi connectivity index (χ1v) is 9.40. The van der Waals surface area contributed by atoms with Crippen LogP contribution >= 0.6 is 11.3 Å². The van der Waals surface area contributed by atoms with Gasteiger partial charge >= 0.3 is 0 Å². The SMILES string of the molecule is O=C(N[C@@H]1CC[C@@H]2OCCO[C@H]2C1)c1ccc(-c2ccsc2)cc1. The predicted octanol–water partition coefficient (Wildman–Crippen LogP) is 3.48. The van der Waals surface area contributed by atoms with E-state index in [4.69, 9.17) is 9.47 Å². The van der Waals surface area contributed by atoms with Crippen LogP contribution in [0.3, 0.4) is 0 Å². The number of fused-ring (bicyclic) bond motifs is 1. The number of thiophene rings is 1. The summed E-state index contributed by atoms with van der Waals surface area (Å²) < 4.78 is 11.5. The second-order valence-corrected chi connectivity index (χ2v) is 7.17. The maximum Gasteiger partial charge on any atom is 0.251 e. The summed E-state index contributed by atoms with van der Waals surface area (Å²) >= 11 is 1.68. The van der Waals surface area contributed by atoms with E-state index in [1.165, 1.54) is 5.56 Å². The molecule has 126 valence electrons. The van der Waals surface area contributed by atoms with Crippen molar-refractivity contribution in [3.8, 4) is 11.1 Å². The van der Waals surface area contributed by atoms with Crippen LogP contribution in [0.25, 0.3) is 11.1 Å². The van der Waals surface area contributed by atoms with Crippen LogP contribution in [0.1, 0.15) is 29.6 Å². The molecule has 0 spiro atoms. The minimum atomic E-state index is -0.00736. The Morgan fingerprint density at radius 2 is 1.79 bits per heavy atom. The van der Waals surface area contributed by atoms with Crippen molar-refractivity contribution in [1.82, 2.24) is 5.32 Å². The quantitative estimate of drug-likeness (QED) is 0.928. The summed E-state index contributed by atoms with van der Waals surface area (Å²) in [5.74, 6) is -0.00736. The van der Waals surface area contributed by atoms with Gasteiger partial charge in [0.05, 0.1) is 25.4 Å². The van der Waals surface area contributed by atoms with Gasteiger partial charge in [-0.1, -0.05) is 12.1 Å². The number of carbonyl (C=O) groups excluding carboxylic acids is 1. The third kappa shape index (κ3) is 3.38. The lowest BCUT2D eigenvalue weighted by molar-refractivity contribution is -0.157. The molecule has 1 aliphatic carbocycles. The zero-order valence-electron chi connectivity index (χ0n) is 13.4.